The third-order valence-corrected chi connectivity index (χ3v) is 5.18. The molecule has 11 heteroatoms. The highest BCUT2D eigenvalue weighted by Gasteiger charge is 2.35. The van der Waals surface area contributed by atoms with Crippen LogP contribution in [0.3, 0.4) is 0 Å². The standard InChI is InChI=1S/C20H18ClF3N6O/c1-11(2)14-8-16(20(22,23)24)27-30(14)13-6-4-12(5-7-13)10-29-17-15(28(3)19(29)31)9-25-18(21)26-17/h4-9,11H,10H2,1-3H3. The molecule has 0 aliphatic carbocycles. The molecule has 0 aliphatic heterocycles. The number of halogens is 4. The first kappa shape index (κ1) is 21.1. The summed E-state index contributed by atoms with van der Waals surface area (Å²) in [6, 6.07) is 7.89. The molecule has 3 heterocycles. The zero-order chi connectivity index (χ0) is 22.5. The second-order valence-electron chi connectivity index (χ2n) is 7.46. The van der Waals surface area contributed by atoms with Crippen LogP contribution >= 0.6 is 11.6 Å². The minimum Gasteiger partial charge on any atom is -0.292 e. The van der Waals surface area contributed by atoms with E-state index < -0.39 is 11.9 Å². The summed E-state index contributed by atoms with van der Waals surface area (Å²) >= 11 is 5.88. The molecule has 0 saturated heterocycles. The topological polar surface area (TPSA) is 70.5 Å². The van der Waals surface area contributed by atoms with E-state index in [9.17, 15) is 18.0 Å². The van der Waals surface area contributed by atoms with Crippen molar-refractivity contribution in [2.45, 2.75) is 32.5 Å². The molecule has 0 atom stereocenters. The second kappa shape index (κ2) is 7.52. The Morgan fingerprint density at radius 2 is 1.84 bits per heavy atom. The van der Waals surface area contributed by atoms with Gasteiger partial charge in [-0.25, -0.2) is 14.5 Å². The molecule has 1 aromatic carbocycles. The highest BCUT2D eigenvalue weighted by Crippen LogP contribution is 2.31. The van der Waals surface area contributed by atoms with Gasteiger partial charge in [0.2, 0.25) is 5.28 Å². The van der Waals surface area contributed by atoms with Crippen LogP contribution in [0, 0.1) is 0 Å². The fraction of sp³-hybridized carbons (Fsp3) is 0.300. The normalized spacial score (nSPS) is 12.3. The van der Waals surface area contributed by atoms with Gasteiger partial charge in [-0.1, -0.05) is 26.0 Å². The Hall–Kier alpha value is -3.14. The summed E-state index contributed by atoms with van der Waals surface area (Å²) in [6.07, 6.45) is -3.04. The number of rotatable bonds is 4. The van der Waals surface area contributed by atoms with Crippen LogP contribution in [0.25, 0.3) is 16.9 Å². The van der Waals surface area contributed by atoms with Crippen molar-refractivity contribution in [1.29, 1.82) is 0 Å². The average molecular weight is 451 g/mol. The SMILES string of the molecule is CC(C)c1cc(C(F)(F)F)nn1-c1ccc(Cn2c(=O)n(C)c3cnc(Cl)nc32)cc1. The third-order valence-electron chi connectivity index (χ3n) is 5.00. The molecule has 0 fully saturated rings. The fourth-order valence-electron chi connectivity index (χ4n) is 3.38. The summed E-state index contributed by atoms with van der Waals surface area (Å²) in [7, 11) is 1.62. The first-order valence-corrected chi connectivity index (χ1v) is 9.78. The molecule has 0 spiro atoms. The lowest BCUT2D eigenvalue weighted by Gasteiger charge is -2.11. The third kappa shape index (κ3) is 3.83. The van der Waals surface area contributed by atoms with Gasteiger partial charge in [0.1, 0.15) is 5.52 Å². The molecule has 162 valence electrons. The molecule has 0 bridgehead atoms. The van der Waals surface area contributed by atoms with Crippen LogP contribution in [-0.4, -0.2) is 28.9 Å². The maximum atomic E-state index is 13.1. The monoisotopic (exact) mass is 450 g/mol. The highest BCUT2D eigenvalue weighted by molar-refractivity contribution is 6.28. The maximum absolute atomic E-state index is 13.1. The van der Waals surface area contributed by atoms with E-state index in [-0.39, 0.29) is 23.4 Å². The van der Waals surface area contributed by atoms with E-state index in [1.807, 2.05) is 13.8 Å². The van der Waals surface area contributed by atoms with Crippen molar-refractivity contribution in [3.8, 4) is 5.69 Å². The zero-order valence-corrected chi connectivity index (χ0v) is 17.6. The predicted molar refractivity (Wildman–Crippen MR) is 110 cm³/mol. The number of alkyl halides is 3. The van der Waals surface area contributed by atoms with Crippen molar-refractivity contribution in [1.82, 2.24) is 28.9 Å². The second-order valence-corrected chi connectivity index (χ2v) is 7.80. The number of fused-ring (bicyclic) bond motifs is 1. The van der Waals surface area contributed by atoms with Crippen LogP contribution in [0.1, 0.15) is 36.7 Å². The summed E-state index contributed by atoms with van der Waals surface area (Å²) in [5, 5.41) is 3.79. The number of benzene rings is 1. The largest absolute Gasteiger partial charge is 0.435 e. The molecular weight excluding hydrogens is 433 g/mol. The summed E-state index contributed by atoms with van der Waals surface area (Å²) in [5.41, 5.74) is 1.46. The van der Waals surface area contributed by atoms with E-state index in [0.29, 0.717) is 22.5 Å². The molecule has 7 nitrogen and oxygen atoms in total. The highest BCUT2D eigenvalue weighted by atomic mass is 35.5. The quantitative estimate of drug-likeness (QED) is 0.438. The van der Waals surface area contributed by atoms with Crippen LogP contribution in [0.15, 0.2) is 41.3 Å². The molecule has 0 saturated carbocycles. The molecule has 0 radical (unpaired) electrons. The Bertz CT molecular complexity index is 1320. The number of imidazole rings is 1. The van der Waals surface area contributed by atoms with E-state index >= 15 is 0 Å². The van der Waals surface area contributed by atoms with Crippen LogP contribution in [0.4, 0.5) is 13.2 Å². The number of aromatic nitrogens is 6. The summed E-state index contributed by atoms with van der Waals surface area (Å²) in [5.74, 6) is -0.151. The minimum atomic E-state index is -4.52. The van der Waals surface area contributed by atoms with Gasteiger partial charge in [0.25, 0.3) is 0 Å². The van der Waals surface area contributed by atoms with E-state index in [1.54, 1.807) is 31.3 Å². The van der Waals surface area contributed by atoms with Crippen LogP contribution < -0.4 is 5.69 Å². The van der Waals surface area contributed by atoms with E-state index in [0.717, 1.165) is 11.6 Å². The lowest BCUT2D eigenvalue weighted by atomic mass is 10.1. The first-order chi connectivity index (χ1) is 14.6. The van der Waals surface area contributed by atoms with Crippen molar-refractivity contribution in [2.75, 3.05) is 0 Å². The molecular formula is C20H18ClF3N6O. The van der Waals surface area contributed by atoms with Gasteiger partial charge in [0.15, 0.2) is 11.3 Å². The molecule has 4 rings (SSSR count). The Morgan fingerprint density at radius 1 is 1.16 bits per heavy atom. The molecule has 3 aromatic heterocycles. The average Bonchev–Trinajstić information content (AvgIpc) is 3.25. The van der Waals surface area contributed by atoms with Crippen molar-refractivity contribution >= 4 is 22.8 Å². The fourth-order valence-corrected chi connectivity index (χ4v) is 3.50. The lowest BCUT2D eigenvalue weighted by molar-refractivity contribution is -0.141. The molecule has 0 N–H and O–H groups in total. The van der Waals surface area contributed by atoms with Crippen LogP contribution in [0.2, 0.25) is 5.28 Å². The minimum absolute atomic E-state index is 0.0302. The van der Waals surface area contributed by atoms with Gasteiger partial charge in [-0.15, -0.1) is 0 Å². The number of aryl methyl sites for hydroxylation is 1. The smallest absolute Gasteiger partial charge is 0.292 e. The first-order valence-electron chi connectivity index (χ1n) is 9.40. The van der Waals surface area contributed by atoms with Gasteiger partial charge in [-0.3, -0.25) is 9.13 Å². The molecule has 0 amide bonds. The Morgan fingerprint density at radius 3 is 2.45 bits per heavy atom. The van der Waals surface area contributed by atoms with E-state index in [2.05, 4.69) is 15.1 Å². The van der Waals surface area contributed by atoms with Gasteiger partial charge < -0.3 is 0 Å². The van der Waals surface area contributed by atoms with E-state index in [4.69, 9.17) is 11.6 Å². The summed E-state index contributed by atoms with van der Waals surface area (Å²) in [4.78, 5) is 20.7. The molecule has 31 heavy (non-hydrogen) atoms. The van der Waals surface area contributed by atoms with Crippen LogP contribution in [0.5, 0.6) is 0 Å². The van der Waals surface area contributed by atoms with Gasteiger partial charge in [0, 0.05) is 12.7 Å². The Labute approximate surface area is 179 Å². The summed E-state index contributed by atoms with van der Waals surface area (Å²) in [6.45, 7) is 3.83. The van der Waals surface area contributed by atoms with Crippen LogP contribution in [-0.2, 0) is 19.8 Å². The van der Waals surface area contributed by atoms with Gasteiger partial charge >= 0.3 is 11.9 Å². The lowest BCUT2D eigenvalue weighted by Crippen LogP contribution is -2.22. The number of nitrogens with zero attached hydrogens (tertiary/aromatic N) is 6. The van der Waals surface area contributed by atoms with Crippen molar-refractivity contribution < 1.29 is 13.2 Å². The Balaban J connectivity index is 1.70. The summed E-state index contributed by atoms with van der Waals surface area (Å²) < 4.78 is 43.6. The van der Waals surface area contributed by atoms with Gasteiger partial charge in [0.05, 0.1) is 18.4 Å². The van der Waals surface area contributed by atoms with Crippen molar-refractivity contribution in [3.63, 3.8) is 0 Å². The van der Waals surface area contributed by atoms with E-state index in [1.165, 1.54) is 20.0 Å². The van der Waals surface area contributed by atoms with Crippen molar-refractivity contribution in [2.24, 2.45) is 7.05 Å². The zero-order valence-electron chi connectivity index (χ0n) is 16.9. The number of hydrogen-bond acceptors (Lipinski definition) is 4. The Kier molecular flexibility index (Phi) is 5.12. The van der Waals surface area contributed by atoms with Gasteiger partial charge in [-0.2, -0.15) is 23.3 Å². The number of hydrogen-bond donors (Lipinski definition) is 0. The molecule has 4 aromatic rings. The molecule has 0 unspecified atom stereocenters. The predicted octanol–water partition coefficient (Wildman–Crippen LogP) is 4.16. The molecule has 0 aliphatic rings. The maximum Gasteiger partial charge on any atom is 0.435 e. The van der Waals surface area contributed by atoms with Gasteiger partial charge in [-0.05, 0) is 41.3 Å². The van der Waals surface area contributed by atoms with Crippen molar-refractivity contribution in [3.05, 3.63) is 69.2 Å².